The van der Waals surface area contributed by atoms with Gasteiger partial charge in [-0.2, -0.15) is 0 Å². The highest BCUT2D eigenvalue weighted by atomic mass is 35.5. The van der Waals surface area contributed by atoms with Crippen LogP contribution in [0.1, 0.15) is 28.3 Å². The fraction of sp³-hybridized carbons (Fsp3) is 0.0556. The van der Waals surface area contributed by atoms with E-state index in [2.05, 4.69) is 118 Å². The van der Waals surface area contributed by atoms with E-state index < -0.39 is 5.54 Å². The Balaban J connectivity index is 1.60. The zero-order valence-corrected chi connectivity index (χ0v) is 23.0. The zero-order valence-electron chi connectivity index (χ0n) is 22.3. The Hall–Kier alpha value is -4.93. The first-order valence-electron chi connectivity index (χ1n) is 13.7. The van der Waals surface area contributed by atoms with Crippen LogP contribution in [0.5, 0.6) is 0 Å². The van der Waals surface area contributed by atoms with Crippen molar-refractivity contribution in [1.82, 2.24) is 9.66 Å². The lowest BCUT2D eigenvalue weighted by Crippen LogP contribution is -2.45. The van der Waals surface area contributed by atoms with E-state index in [1.165, 1.54) is 0 Å². The van der Waals surface area contributed by atoms with Crippen LogP contribution in [-0.4, -0.2) is 15.5 Å². The van der Waals surface area contributed by atoms with Gasteiger partial charge in [0.2, 0.25) is 0 Å². The molecule has 1 atom stereocenters. The minimum absolute atomic E-state index is 0.267. The van der Waals surface area contributed by atoms with Crippen LogP contribution in [-0.2, 0) is 5.54 Å². The Morgan fingerprint density at radius 2 is 1.15 bits per heavy atom. The summed E-state index contributed by atoms with van der Waals surface area (Å²) in [6.45, 7) is 0. The third-order valence-corrected chi connectivity index (χ3v) is 8.05. The van der Waals surface area contributed by atoms with Crippen molar-refractivity contribution in [3.8, 4) is 11.3 Å². The molecule has 0 bridgehead atoms. The lowest BCUT2D eigenvalue weighted by Gasteiger charge is -2.39. The number of hydrogen-bond acceptors (Lipinski definition) is 3. The Morgan fingerprint density at radius 1 is 0.610 bits per heavy atom. The molecule has 5 aromatic carbocycles. The van der Waals surface area contributed by atoms with E-state index in [-0.39, 0.29) is 6.04 Å². The predicted molar refractivity (Wildman–Crippen MR) is 167 cm³/mol. The fourth-order valence-electron chi connectivity index (χ4n) is 5.92. The Bertz CT molecular complexity index is 1760. The number of rotatable bonds is 6. The van der Waals surface area contributed by atoms with Crippen molar-refractivity contribution in [3.05, 3.63) is 185 Å². The van der Waals surface area contributed by atoms with Crippen molar-refractivity contribution in [2.75, 3.05) is 5.01 Å². The number of nitrogens with zero attached hydrogens (tertiary/aromatic N) is 4. The number of imidazole rings is 1. The summed E-state index contributed by atoms with van der Waals surface area (Å²) < 4.78 is 2.13. The van der Waals surface area contributed by atoms with Gasteiger partial charge in [-0.15, -0.1) is 0 Å². The molecule has 2 heterocycles. The molecule has 0 N–H and O–H groups in total. The fourth-order valence-corrected chi connectivity index (χ4v) is 6.14. The number of aliphatic imine (C=N–C) groups is 1. The lowest BCUT2D eigenvalue weighted by atomic mass is 9.75. The maximum Gasteiger partial charge on any atom is 0.153 e. The molecule has 0 saturated carbocycles. The second-order valence-electron chi connectivity index (χ2n) is 10.1. The Kier molecular flexibility index (Phi) is 6.46. The van der Waals surface area contributed by atoms with Crippen molar-refractivity contribution in [2.24, 2.45) is 4.99 Å². The summed E-state index contributed by atoms with van der Waals surface area (Å²) in [4.78, 5) is 10.4. The van der Waals surface area contributed by atoms with Gasteiger partial charge in [0.25, 0.3) is 0 Å². The summed E-state index contributed by atoms with van der Waals surface area (Å²) in [5, 5.41) is 2.91. The largest absolute Gasteiger partial charge is 0.251 e. The average molecular weight is 551 g/mol. The second kappa shape index (κ2) is 10.6. The standard InChI is InChI=1S/C36H27ClN4/c37-32-24-14-13-23-31(32)35-39-36(29-19-9-3-10-20-29,30-21-11-4-12-22-30)34(28-17-7-2-8-18-28)41(35)40-26-38-25-33(40)27-15-5-1-6-16-27/h1-26,34H. The van der Waals surface area contributed by atoms with Gasteiger partial charge in [0, 0.05) is 11.1 Å². The molecule has 6 aromatic rings. The molecule has 0 saturated heterocycles. The van der Waals surface area contributed by atoms with Crippen LogP contribution < -0.4 is 5.01 Å². The first kappa shape index (κ1) is 25.1. The van der Waals surface area contributed by atoms with Crippen LogP contribution >= 0.6 is 11.6 Å². The summed E-state index contributed by atoms with van der Waals surface area (Å²) in [7, 11) is 0. The molecule has 41 heavy (non-hydrogen) atoms. The van der Waals surface area contributed by atoms with E-state index in [0.717, 1.165) is 39.3 Å². The summed E-state index contributed by atoms with van der Waals surface area (Å²) in [6, 6.07) is 49.7. The molecular weight excluding hydrogens is 524 g/mol. The molecule has 5 heteroatoms. The number of aromatic nitrogens is 2. The average Bonchev–Trinajstić information content (AvgIpc) is 3.67. The highest BCUT2D eigenvalue weighted by Gasteiger charge is 2.53. The van der Waals surface area contributed by atoms with Gasteiger partial charge in [-0.05, 0) is 28.8 Å². The molecule has 1 aliphatic heterocycles. The van der Waals surface area contributed by atoms with Gasteiger partial charge >= 0.3 is 0 Å². The van der Waals surface area contributed by atoms with Crippen LogP contribution in [0.15, 0.2) is 163 Å². The van der Waals surface area contributed by atoms with E-state index in [0.29, 0.717) is 5.02 Å². The minimum Gasteiger partial charge on any atom is -0.251 e. The molecule has 7 rings (SSSR count). The summed E-state index contributed by atoms with van der Waals surface area (Å²) in [6.07, 6.45) is 3.78. The van der Waals surface area contributed by atoms with Crippen LogP contribution in [0.4, 0.5) is 0 Å². The molecule has 198 valence electrons. The zero-order chi connectivity index (χ0) is 27.6. The SMILES string of the molecule is Clc1ccccc1C1=NC(c2ccccc2)(c2ccccc2)C(c2ccccc2)N1n1cncc1-c1ccccc1. The first-order chi connectivity index (χ1) is 20.3. The third-order valence-electron chi connectivity index (χ3n) is 7.72. The van der Waals surface area contributed by atoms with E-state index in [1.54, 1.807) is 0 Å². The molecular formula is C36H27ClN4. The van der Waals surface area contributed by atoms with E-state index in [9.17, 15) is 0 Å². The highest BCUT2D eigenvalue weighted by molar-refractivity contribution is 6.35. The molecule has 0 fully saturated rings. The van der Waals surface area contributed by atoms with Crippen molar-refractivity contribution in [2.45, 2.75) is 11.6 Å². The molecule has 4 nitrogen and oxygen atoms in total. The Morgan fingerprint density at radius 3 is 1.76 bits per heavy atom. The number of hydrogen-bond donors (Lipinski definition) is 0. The minimum atomic E-state index is -0.795. The monoisotopic (exact) mass is 550 g/mol. The third kappa shape index (κ3) is 4.24. The summed E-state index contributed by atoms with van der Waals surface area (Å²) >= 11 is 6.93. The van der Waals surface area contributed by atoms with Crippen LogP contribution in [0.2, 0.25) is 5.02 Å². The topological polar surface area (TPSA) is 33.4 Å². The van der Waals surface area contributed by atoms with Crippen LogP contribution in [0.25, 0.3) is 11.3 Å². The second-order valence-corrected chi connectivity index (χ2v) is 10.5. The molecule has 0 aliphatic carbocycles. The summed E-state index contributed by atoms with van der Waals surface area (Å²) in [5.74, 6) is 0.771. The van der Waals surface area contributed by atoms with Crippen molar-refractivity contribution < 1.29 is 0 Å². The smallest absolute Gasteiger partial charge is 0.153 e. The number of halogens is 1. The van der Waals surface area contributed by atoms with Gasteiger partial charge in [-0.1, -0.05) is 145 Å². The molecule has 1 aliphatic rings. The van der Waals surface area contributed by atoms with Gasteiger partial charge in [0.15, 0.2) is 5.84 Å². The lowest BCUT2D eigenvalue weighted by molar-refractivity contribution is 0.426. The maximum absolute atomic E-state index is 6.93. The number of benzene rings is 5. The Labute approximate surface area is 244 Å². The maximum atomic E-state index is 6.93. The molecule has 0 amide bonds. The quantitative estimate of drug-likeness (QED) is 0.209. The van der Waals surface area contributed by atoms with Crippen molar-refractivity contribution in [3.63, 3.8) is 0 Å². The van der Waals surface area contributed by atoms with E-state index in [1.807, 2.05) is 55.0 Å². The molecule has 0 radical (unpaired) electrons. The first-order valence-corrected chi connectivity index (χ1v) is 14.0. The molecule has 1 unspecified atom stereocenters. The van der Waals surface area contributed by atoms with E-state index in [4.69, 9.17) is 16.6 Å². The predicted octanol–water partition coefficient (Wildman–Crippen LogP) is 8.29. The van der Waals surface area contributed by atoms with Gasteiger partial charge in [-0.25, -0.2) is 14.7 Å². The number of amidine groups is 1. The molecule has 1 aromatic heterocycles. The van der Waals surface area contributed by atoms with Gasteiger partial charge in [0.1, 0.15) is 17.9 Å². The summed E-state index contributed by atoms with van der Waals surface area (Å²) in [5.41, 5.74) is 5.39. The van der Waals surface area contributed by atoms with Gasteiger partial charge < -0.3 is 0 Å². The van der Waals surface area contributed by atoms with Crippen molar-refractivity contribution >= 4 is 17.4 Å². The van der Waals surface area contributed by atoms with Crippen LogP contribution in [0.3, 0.4) is 0 Å². The van der Waals surface area contributed by atoms with E-state index >= 15 is 0 Å². The molecule has 0 spiro atoms. The normalized spacial score (nSPS) is 16.0. The van der Waals surface area contributed by atoms with Crippen molar-refractivity contribution in [1.29, 1.82) is 0 Å². The van der Waals surface area contributed by atoms with Gasteiger partial charge in [-0.3, -0.25) is 5.01 Å². The van der Waals surface area contributed by atoms with Gasteiger partial charge in [0.05, 0.1) is 16.9 Å². The highest BCUT2D eigenvalue weighted by Crippen LogP contribution is 2.52. The van der Waals surface area contributed by atoms with Crippen LogP contribution in [0, 0.1) is 0 Å².